The Morgan fingerprint density at radius 1 is 1.11 bits per heavy atom. The fraction of sp³-hybridized carbons (Fsp3) is 0.786. The molecule has 0 aromatic rings. The Balaban J connectivity index is 2.77. The van der Waals surface area contributed by atoms with Crippen LogP contribution in [0.3, 0.4) is 0 Å². The summed E-state index contributed by atoms with van der Waals surface area (Å²) in [6.07, 6.45) is 5.21. The van der Waals surface area contributed by atoms with Gasteiger partial charge in [0.1, 0.15) is 5.41 Å². The topological polar surface area (TPSA) is 64.4 Å². The monoisotopic (exact) mass is 265 g/mol. The molecule has 0 spiro atoms. The van der Waals surface area contributed by atoms with Gasteiger partial charge in [0.05, 0.1) is 12.6 Å². The summed E-state index contributed by atoms with van der Waals surface area (Å²) in [7, 11) is 4.92. The molecule has 0 bridgehead atoms. The van der Waals surface area contributed by atoms with E-state index in [0.29, 0.717) is 12.8 Å². The van der Waals surface area contributed by atoms with Crippen LogP contribution in [-0.2, 0) is 9.59 Å². The van der Waals surface area contributed by atoms with Gasteiger partial charge in [-0.3, -0.25) is 9.59 Å². The molecule has 5 nitrogen and oxygen atoms in total. The molecule has 106 valence electrons. The van der Waals surface area contributed by atoms with E-state index in [9.17, 15) is 14.9 Å². The Morgan fingerprint density at radius 3 is 2.05 bits per heavy atom. The summed E-state index contributed by atoms with van der Waals surface area (Å²) >= 11 is 0. The second kappa shape index (κ2) is 6.55. The van der Waals surface area contributed by atoms with Crippen LogP contribution < -0.4 is 0 Å². The molecule has 1 rings (SSSR count). The van der Waals surface area contributed by atoms with Crippen molar-refractivity contribution in [2.75, 3.05) is 27.7 Å². The van der Waals surface area contributed by atoms with E-state index in [1.54, 1.807) is 21.1 Å². The first-order valence-corrected chi connectivity index (χ1v) is 6.80. The van der Waals surface area contributed by atoms with Crippen molar-refractivity contribution in [3.05, 3.63) is 0 Å². The first-order valence-electron chi connectivity index (χ1n) is 6.80. The summed E-state index contributed by atoms with van der Waals surface area (Å²) in [5, 5.41) is 9.44. The van der Waals surface area contributed by atoms with E-state index in [-0.39, 0.29) is 18.4 Å². The van der Waals surface area contributed by atoms with Crippen molar-refractivity contribution in [1.82, 2.24) is 9.80 Å². The third kappa shape index (κ3) is 3.69. The number of hydrogen-bond donors (Lipinski definition) is 0. The minimum Gasteiger partial charge on any atom is -0.347 e. The van der Waals surface area contributed by atoms with E-state index in [1.807, 2.05) is 0 Å². The highest BCUT2D eigenvalue weighted by Gasteiger charge is 2.41. The second-order valence-corrected chi connectivity index (χ2v) is 5.56. The Labute approximate surface area is 115 Å². The summed E-state index contributed by atoms with van der Waals surface area (Å²) in [4.78, 5) is 27.0. The average Bonchev–Trinajstić information content (AvgIpc) is 2.63. The second-order valence-electron chi connectivity index (χ2n) is 5.56. The van der Waals surface area contributed by atoms with Crippen LogP contribution in [0.25, 0.3) is 0 Å². The van der Waals surface area contributed by atoms with Crippen LogP contribution in [-0.4, -0.2) is 49.3 Å². The molecular weight excluding hydrogens is 242 g/mol. The molecule has 0 aromatic heterocycles. The lowest BCUT2D eigenvalue weighted by atomic mass is 9.80. The summed E-state index contributed by atoms with van der Waals surface area (Å²) in [5.41, 5.74) is -0.919. The number of nitriles is 1. The van der Waals surface area contributed by atoms with Gasteiger partial charge in [0, 0.05) is 21.1 Å². The zero-order valence-corrected chi connectivity index (χ0v) is 12.1. The lowest BCUT2D eigenvalue weighted by molar-refractivity contribution is -0.143. The fourth-order valence-electron chi connectivity index (χ4n) is 2.49. The summed E-state index contributed by atoms with van der Waals surface area (Å²) < 4.78 is 0. The van der Waals surface area contributed by atoms with Crippen LogP contribution in [0.4, 0.5) is 0 Å². The average molecular weight is 265 g/mol. The van der Waals surface area contributed by atoms with E-state index in [4.69, 9.17) is 0 Å². The predicted molar refractivity (Wildman–Crippen MR) is 72.1 cm³/mol. The van der Waals surface area contributed by atoms with Gasteiger partial charge in [0.25, 0.3) is 0 Å². The third-order valence-electron chi connectivity index (χ3n) is 3.80. The van der Waals surface area contributed by atoms with Gasteiger partial charge in [-0.05, 0) is 12.8 Å². The highest BCUT2D eigenvalue weighted by molar-refractivity contribution is 5.89. The standard InChI is InChI=1S/C14H23N3O2/c1-16(2)12(18)10-17(3)13(19)14(11-15)8-6-4-5-7-9-14/h4-10H2,1-3H3. The summed E-state index contributed by atoms with van der Waals surface area (Å²) in [6.45, 7) is 0.0370. The van der Waals surface area contributed by atoms with E-state index in [0.717, 1.165) is 25.7 Å². The normalized spacial score (nSPS) is 18.0. The smallest absolute Gasteiger partial charge is 0.243 e. The van der Waals surface area contributed by atoms with E-state index >= 15 is 0 Å². The third-order valence-corrected chi connectivity index (χ3v) is 3.80. The van der Waals surface area contributed by atoms with Crippen molar-refractivity contribution in [2.45, 2.75) is 38.5 Å². The van der Waals surface area contributed by atoms with Crippen molar-refractivity contribution in [3.8, 4) is 6.07 Å². The molecule has 0 saturated heterocycles. The van der Waals surface area contributed by atoms with Crippen molar-refractivity contribution in [2.24, 2.45) is 5.41 Å². The molecule has 2 amide bonds. The maximum atomic E-state index is 12.5. The van der Waals surface area contributed by atoms with Gasteiger partial charge in [-0.25, -0.2) is 0 Å². The van der Waals surface area contributed by atoms with Crippen molar-refractivity contribution in [3.63, 3.8) is 0 Å². The maximum absolute atomic E-state index is 12.5. The van der Waals surface area contributed by atoms with Gasteiger partial charge >= 0.3 is 0 Å². The Bertz CT molecular complexity index is 377. The highest BCUT2D eigenvalue weighted by atomic mass is 16.2. The zero-order chi connectivity index (χ0) is 14.5. The fourth-order valence-corrected chi connectivity index (χ4v) is 2.49. The highest BCUT2D eigenvalue weighted by Crippen LogP contribution is 2.36. The molecule has 5 heteroatoms. The van der Waals surface area contributed by atoms with E-state index < -0.39 is 5.41 Å². The minimum absolute atomic E-state index is 0.0370. The number of carbonyl (C=O) groups excluding carboxylic acids is 2. The van der Waals surface area contributed by atoms with Gasteiger partial charge in [-0.1, -0.05) is 25.7 Å². The number of rotatable bonds is 3. The number of amides is 2. The van der Waals surface area contributed by atoms with Crippen LogP contribution in [0.5, 0.6) is 0 Å². The molecule has 0 radical (unpaired) electrons. The van der Waals surface area contributed by atoms with E-state index in [2.05, 4.69) is 6.07 Å². The van der Waals surface area contributed by atoms with Crippen molar-refractivity contribution in [1.29, 1.82) is 5.26 Å². The minimum atomic E-state index is -0.919. The number of likely N-dealkylation sites (N-methyl/N-ethyl adjacent to an activating group) is 2. The van der Waals surface area contributed by atoms with Crippen LogP contribution in [0, 0.1) is 16.7 Å². The summed E-state index contributed by atoms with van der Waals surface area (Å²) in [6, 6.07) is 2.22. The first-order chi connectivity index (χ1) is 8.93. The summed E-state index contributed by atoms with van der Waals surface area (Å²) in [5.74, 6) is -0.329. The maximum Gasteiger partial charge on any atom is 0.243 e. The number of carbonyl (C=O) groups is 2. The van der Waals surface area contributed by atoms with Crippen LogP contribution in [0.1, 0.15) is 38.5 Å². The molecule has 0 unspecified atom stereocenters. The quantitative estimate of drug-likeness (QED) is 0.724. The molecule has 1 fully saturated rings. The molecule has 1 aliphatic rings. The van der Waals surface area contributed by atoms with Gasteiger partial charge in [0.2, 0.25) is 11.8 Å². The lowest BCUT2D eigenvalue weighted by Gasteiger charge is -2.29. The van der Waals surface area contributed by atoms with Gasteiger partial charge in [-0.2, -0.15) is 5.26 Å². The molecule has 0 aliphatic heterocycles. The molecule has 19 heavy (non-hydrogen) atoms. The predicted octanol–water partition coefficient (Wildman–Crippen LogP) is 1.40. The Morgan fingerprint density at radius 2 is 1.63 bits per heavy atom. The molecule has 0 heterocycles. The Kier molecular flexibility index (Phi) is 5.34. The van der Waals surface area contributed by atoms with Gasteiger partial charge in [-0.15, -0.1) is 0 Å². The largest absolute Gasteiger partial charge is 0.347 e. The number of nitrogens with zero attached hydrogens (tertiary/aromatic N) is 3. The molecule has 0 aromatic carbocycles. The van der Waals surface area contributed by atoms with Crippen LogP contribution in [0.2, 0.25) is 0 Å². The lowest BCUT2D eigenvalue weighted by Crippen LogP contribution is -2.45. The van der Waals surface area contributed by atoms with Crippen molar-refractivity contribution < 1.29 is 9.59 Å². The van der Waals surface area contributed by atoms with Gasteiger partial charge in [0.15, 0.2) is 0 Å². The zero-order valence-electron chi connectivity index (χ0n) is 12.1. The first kappa shape index (κ1) is 15.5. The van der Waals surface area contributed by atoms with E-state index in [1.165, 1.54) is 9.80 Å². The van der Waals surface area contributed by atoms with Crippen LogP contribution >= 0.6 is 0 Å². The van der Waals surface area contributed by atoms with Crippen LogP contribution in [0.15, 0.2) is 0 Å². The Hall–Kier alpha value is -1.57. The SMILES string of the molecule is CN(C)C(=O)CN(C)C(=O)C1(C#N)CCCCCC1. The molecule has 0 N–H and O–H groups in total. The molecular formula is C14H23N3O2. The van der Waals surface area contributed by atoms with Gasteiger partial charge < -0.3 is 9.80 Å². The molecule has 1 aliphatic carbocycles. The molecule has 0 atom stereocenters. The van der Waals surface area contributed by atoms with Crippen molar-refractivity contribution >= 4 is 11.8 Å². The molecule has 1 saturated carbocycles. The number of hydrogen-bond acceptors (Lipinski definition) is 3.